The standard InChI is InChI=1S/C19H13ClF2N2O3S/c20-13-3-6-15(7-4-13)24-28(26,27)16-8-1-12(2-9-16)19(25)23-18-10-5-14(21)11-17(18)22/h1-11,24H,(H,23,25). The number of rotatable bonds is 5. The fourth-order valence-electron chi connectivity index (χ4n) is 2.30. The van der Waals surface area contributed by atoms with Gasteiger partial charge in [0.1, 0.15) is 11.6 Å². The van der Waals surface area contributed by atoms with Crippen molar-refractivity contribution < 1.29 is 22.0 Å². The number of hydrogen-bond donors (Lipinski definition) is 2. The molecule has 0 fully saturated rings. The van der Waals surface area contributed by atoms with E-state index in [0.29, 0.717) is 16.8 Å². The van der Waals surface area contributed by atoms with E-state index in [0.717, 1.165) is 12.1 Å². The lowest BCUT2D eigenvalue weighted by Gasteiger charge is -2.10. The normalized spacial score (nSPS) is 11.1. The minimum absolute atomic E-state index is 0.0630. The van der Waals surface area contributed by atoms with Crippen molar-refractivity contribution in [3.8, 4) is 0 Å². The molecule has 0 radical (unpaired) electrons. The molecule has 5 nitrogen and oxygen atoms in total. The number of amides is 1. The van der Waals surface area contributed by atoms with Gasteiger partial charge in [-0.2, -0.15) is 0 Å². The molecule has 3 aromatic carbocycles. The Labute approximate surface area is 165 Å². The molecule has 0 aliphatic carbocycles. The molecule has 9 heteroatoms. The highest BCUT2D eigenvalue weighted by Gasteiger charge is 2.16. The average molecular weight is 423 g/mol. The summed E-state index contributed by atoms with van der Waals surface area (Å²) in [6, 6.07) is 13.9. The summed E-state index contributed by atoms with van der Waals surface area (Å²) in [5.41, 5.74) is 0.250. The second-order valence-corrected chi connectivity index (χ2v) is 7.83. The molecule has 0 unspecified atom stereocenters. The number of anilines is 2. The molecule has 2 N–H and O–H groups in total. The molecule has 3 rings (SSSR count). The van der Waals surface area contributed by atoms with E-state index in [1.54, 1.807) is 12.1 Å². The quantitative estimate of drug-likeness (QED) is 0.627. The van der Waals surface area contributed by atoms with Crippen LogP contribution < -0.4 is 10.0 Å². The zero-order valence-corrected chi connectivity index (χ0v) is 15.7. The molecule has 0 bridgehead atoms. The Morgan fingerprint density at radius 3 is 2.14 bits per heavy atom. The molecule has 0 aliphatic heterocycles. The van der Waals surface area contributed by atoms with Gasteiger partial charge in [0.15, 0.2) is 0 Å². The summed E-state index contributed by atoms with van der Waals surface area (Å²) >= 11 is 5.77. The van der Waals surface area contributed by atoms with Crippen molar-refractivity contribution in [3.05, 3.63) is 89.0 Å². The van der Waals surface area contributed by atoms with Crippen molar-refractivity contribution in [2.45, 2.75) is 4.90 Å². The number of carbonyl (C=O) groups is 1. The molecule has 0 atom stereocenters. The summed E-state index contributed by atoms with van der Waals surface area (Å²) in [7, 11) is -3.87. The van der Waals surface area contributed by atoms with Gasteiger partial charge in [0.05, 0.1) is 10.6 Å². The molecule has 0 saturated carbocycles. The van der Waals surface area contributed by atoms with Crippen molar-refractivity contribution in [1.29, 1.82) is 0 Å². The first-order chi connectivity index (χ1) is 13.2. The third kappa shape index (κ3) is 4.65. The van der Waals surface area contributed by atoms with Crippen LogP contribution in [0.4, 0.5) is 20.2 Å². The van der Waals surface area contributed by atoms with Gasteiger partial charge in [-0.3, -0.25) is 9.52 Å². The van der Waals surface area contributed by atoms with Crippen LogP contribution >= 0.6 is 11.6 Å². The summed E-state index contributed by atoms with van der Waals surface area (Å²) in [6.07, 6.45) is 0. The van der Waals surface area contributed by atoms with Crippen molar-refractivity contribution >= 4 is 38.9 Å². The van der Waals surface area contributed by atoms with E-state index in [1.807, 2.05) is 0 Å². The molecule has 3 aromatic rings. The maximum Gasteiger partial charge on any atom is 0.261 e. The summed E-state index contributed by atoms with van der Waals surface area (Å²) in [5, 5.41) is 2.77. The molecule has 144 valence electrons. The lowest BCUT2D eigenvalue weighted by atomic mass is 10.2. The number of hydrogen-bond acceptors (Lipinski definition) is 3. The number of sulfonamides is 1. The Hall–Kier alpha value is -2.97. The van der Waals surface area contributed by atoms with Gasteiger partial charge in [-0.25, -0.2) is 17.2 Å². The van der Waals surface area contributed by atoms with E-state index in [4.69, 9.17) is 11.6 Å². The maximum atomic E-state index is 13.6. The Kier molecular flexibility index (Phi) is 5.62. The third-order valence-corrected chi connectivity index (χ3v) is 5.35. The first-order valence-electron chi connectivity index (χ1n) is 7.89. The van der Waals surface area contributed by atoms with Crippen LogP contribution in [0.3, 0.4) is 0 Å². The van der Waals surface area contributed by atoms with Crippen molar-refractivity contribution in [1.82, 2.24) is 0 Å². The highest BCUT2D eigenvalue weighted by atomic mass is 35.5. The van der Waals surface area contributed by atoms with Gasteiger partial charge in [0, 0.05) is 22.3 Å². The maximum absolute atomic E-state index is 13.6. The van der Waals surface area contributed by atoms with Crippen molar-refractivity contribution in [2.24, 2.45) is 0 Å². The molecule has 0 saturated heterocycles. The van der Waals surface area contributed by atoms with Crippen LogP contribution in [-0.4, -0.2) is 14.3 Å². The Balaban J connectivity index is 1.74. The minimum atomic E-state index is -3.87. The van der Waals surface area contributed by atoms with Crippen LogP contribution in [-0.2, 0) is 10.0 Å². The molecular formula is C19H13ClF2N2O3S. The van der Waals surface area contributed by atoms with Crippen LogP contribution in [0.2, 0.25) is 5.02 Å². The van der Waals surface area contributed by atoms with Gasteiger partial charge in [0.25, 0.3) is 15.9 Å². The van der Waals surface area contributed by atoms with Gasteiger partial charge < -0.3 is 5.32 Å². The fraction of sp³-hybridized carbons (Fsp3) is 0. The summed E-state index contributed by atoms with van der Waals surface area (Å²) < 4.78 is 53.7. The highest BCUT2D eigenvalue weighted by molar-refractivity contribution is 7.92. The lowest BCUT2D eigenvalue weighted by molar-refractivity contribution is 0.102. The third-order valence-electron chi connectivity index (χ3n) is 3.70. The van der Waals surface area contributed by atoms with Crippen molar-refractivity contribution in [2.75, 3.05) is 10.0 Å². The monoisotopic (exact) mass is 422 g/mol. The number of carbonyl (C=O) groups excluding carboxylic acids is 1. The summed E-state index contributed by atoms with van der Waals surface area (Å²) in [6.45, 7) is 0. The molecule has 0 spiro atoms. The summed E-state index contributed by atoms with van der Waals surface area (Å²) in [4.78, 5) is 12.1. The van der Waals surface area contributed by atoms with Crippen LogP contribution in [0.15, 0.2) is 71.6 Å². The minimum Gasteiger partial charge on any atom is -0.319 e. The van der Waals surface area contributed by atoms with Crippen LogP contribution in [0, 0.1) is 11.6 Å². The van der Waals surface area contributed by atoms with Gasteiger partial charge in [0.2, 0.25) is 0 Å². The molecular weight excluding hydrogens is 410 g/mol. The Morgan fingerprint density at radius 1 is 0.893 bits per heavy atom. The van der Waals surface area contributed by atoms with Gasteiger partial charge in [-0.15, -0.1) is 0 Å². The predicted molar refractivity (Wildman–Crippen MR) is 103 cm³/mol. The number of benzene rings is 3. The van der Waals surface area contributed by atoms with Crippen LogP contribution in [0.25, 0.3) is 0 Å². The van der Waals surface area contributed by atoms with Crippen LogP contribution in [0.5, 0.6) is 0 Å². The van der Waals surface area contributed by atoms with Crippen LogP contribution in [0.1, 0.15) is 10.4 Å². The van der Waals surface area contributed by atoms with E-state index in [1.165, 1.54) is 36.4 Å². The largest absolute Gasteiger partial charge is 0.319 e. The molecule has 1 amide bonds. The number of halogens is 3. The predicted octanol–water partition coefficient (Wildman–Crippen LogP) is 4.67. The zero-order chi connectivity index (χ0) is 20.3. The second-order valence-electron chi connectivity index (χ2n) is 5.72. The lowest BCUT2D eigenvalue weighted by Crippen LogP contribution is -2.15. The number of nitrogens with one attached hydrogen (secondary N) is 2. The van der Waals surface area contributed by atoms with E-state index >= 15 is 0 Å². The Bertz CT molecular complexity index is 1120. The smallest absolute Gasteiger partial charge is 0.261 e. The van der Waals surface area contributed by atoms with E-state index in [2.05, 4.69) is 10.0 Å². The van der Waals surface area contributed by atoms with Gasteiger partial charge in [-0.05, 0) is 60.7 Å². The first kappa shape index (κ1) is 19.8. The summed E-state index contributed by atoms with van der Waals surface area (Å²) in [5.74, 6) is -2.35. The molecule has 0 heterocycles. The highest BCUT2D eigenvalue weighted by Crippen LogP contribution is 2.20. The Morgan fingerprint density at radius 2 is 1.54 bits per heavy atom. The van der Waals surface area contributed by atoms with Gasteiger partial charge >= 0.3 is 0 Å². The van der Waals surface area contributed by atoms with Gasteiger partial charge in [-0.1, -0.05) is 11.6 Å². The van der Waals surface area contributed by atoms with E-state index in [9.17, 15) is 22.0 Å². The second kappa shape index (κ2) is 7.95. The van der Waals surface area contributed by atoms with Crippen molar-refractivity contribution in [3.63, 3.8) is 0 Å². The topological polar surface area (TPSA) is 75.3 Å². The zero-order valence-electron chi connectivity index (χ0n) is 14.1. The SMILES string of the molecule is O=C(Nc1ccc(F)cc1F)c1ccc(S(=O)(=O)Nc2ccc(Cl)cc2)cc1. The molecule has 0 aliphatic rings. The average Bonchev–Trinajstić information content (AvgIpc) is 2.66. The fourth-order valence-corrected chi connectivity index (χ4v) is 3.49. The van der Waals surface area contributed by atoms with E-state index < -0.39 is 27.6 Å². The molecule has 28 heavy (non-hydrogen) atoms. The van der Waals surface area contributed by atoms with E-state index in [-0.39, 0.29) is 16.1 Å². The first-order valence-corrected chi connectivity index (χ1v) is 9.75. The molecule has 0 aromatic heterocycles.